The summed E-state index contributed by atoms with van der Waals surface area (Å²) < 4.78 is 0. The second-order valence-electron chi connectivity index (χ2n) is 3.86. The van der Waals surface area contributed by atoms with Gasteiger partial charge in [-0.25, -0.2) is 0 Å². The van der Waals surface area contributed by atoms with Crippen LogP contribution in [0.25, 0.3) is 0 Å². The van der Waals surface area contributed by atoms with E-state index in [1.807, 2.05) is 0 Å². The Labute approximate surface area is 79.6 Å². The number of nitrogens with zero attached hydrogens (tertiary/aromatic N) is 1. The maximum absolute atomic E-state index is 9.50. The molecule has 13 heavy (non-hydrogen) atoms. The van der Waals surface area contributed by atoms with Crippen LogP contribution in [0.1, 0.15) is 13.8 Å². The molecule has 1 fully saturated rings. The van der Waals surface area contributed by atoms with E-state index in [4.69, 9.17) is 0 Å². The van der Waals surface area contributed by atoms with Crippen molar-refractivity contribution in [2.45, 2.75) is 32.1 Å². The lowest BCUT2D eigenvalue weighted by molar-refractivity contribution is 0.0196. The average molecular weight is 188 g/mol. The van der Waals surface area contributed by atoms with Crippen molar-refractivity contribution >= 4 is 0 Å². The number of piperazine rings is 1. The minimum absolute atomic E-state index is 0.142. The Morgan fingerprint density at radius 3 is 2.69 bits per heavy atom. The molecule has 3 atom stereocenters. The fourth-order valence-electron chi connectivity index (χ4n) is 1.81. The van der Waals surface area contributed by atoms with Crippen molar-refractivity contribution in [2.75, 3.05) is 26.2 Å². The maximum Gasteiger partial charge on any atom is 0.0679 e. The number of β-amino-alcohol motifs (C(OH)–C–C–N with tert-alkyl or cyclic N) is 1. The summed E-state index contributed by atoms with van der Waals surface area (Å²) in [6, 6.07) is 0.142. The molecule has 0 saturated carbocycles. The van der Waals surface area contributed by atoms with E-state index < -0.39 is 0 Å². The summed E-state index contributed by atoms with van der Waals surface area (Å²) in [5, 5.41) is 22.0. The van der Waals surface area contributed by atoms with Crippen molar-refractivity contribution in [3.05, 3.63) is 0 Å². The minimum atomic E-state index is -0.341. The standard InChI is InChI=1S/C9H20N2O2/c1-7(12)6-11-4-3-10-5-9(11)8(2)13/h7-10,12-13H,3-6H2,1-2H3. The zero-order chi connectivity index (χ0) is 9.84. The van der Waals surface area contributed by atoms with Crippen molar-refractivity contribution < 1.29 is 10.2 Å². The molecule has 1 heterocycles. The molecule has 0 aromatic carbocycles. The molecular formula is C9H20N2O2. The smallest absolute Gasteiger partial charge is 0.0679 e. The van der Waals surface area contributed by atoms with Gasteiger partial charge < -0.3 is 15.5 Å². The molecule has 3 unspecified atom stereocenters. The van der Waals surface area contributed by atoms with E-state index in [9.17, 15) is 10.2 Å². The first-order valence-electron chi connectivity index (χ1n) is 4.92. The third-order valence-electron chi connectivity index (χ3n) is 2.45. The van der Waals surface area contributed by atoms with Gasteiger partial charge in [0.15, 0.2) is 0 Å². The zero-order valence-corrected chi connectivity index (χ0v) is 8.40. The van der Waals surface area contributed by atoms with Gasteiger partial charge in [0.1, 0.15) is 0 Å². The summed E-state index contributed by atoms with van der Waals surface area (Å²) in [5.74, 6) is 0. The van der Waals surface area contributed by atoms with Gasteiger partial charge in [-0.3, -0.25) is 4.90 Å². The first kappa shape index (κ1) is 10.9. The average Bonchev–Trinajstić information content (AvgIpc) is 2.03. The van der Waals surface area contributed by atoms with Gasteiger partial charge in [0.25, 0.3) is 0 Å². The van der Waals surface area contributed by atoms with Crippen molar-refractivity contribution in [1.29, 1.82) is 0 Å². The predicted octanol–water partition coefficient (Wildman–Crippen LogP) is -0.978. The quantitative estimate of drug-likeness (QED) is 0.533. The van der Waals surface area contributed by atoms with Gasteiger partial charge in [-0.15, -0.1) is 0 Å². The molecule has 3 N–H and O–H groups in total. The van der Waals surface area contributed by atoms with Crippen LogP contribution in [0.4, 0.5) is 0 Å². The SMILES string of the molecule is CC(O)CN1CCNCC1C(C)O. The summed E-state index contributed by atoms with van der Waals surface area (Å²) in [6.45, 7) is 6.88. The Bertz CT molecular complexity index is 151. The molecule has 1 saturated heterocycles. The van der Waals surface area contributed by atoms with Gasteiger partial charge in [-0.05, 0) is 13.8 Å². The molecule has 78 valence electrons. The second-order valence-corrected chi connectivity index (χ2v) is 3.86. The monoisotopic (exact) mass is 188 g/mol. The summed E-state index contributed by atoms with van der Waals surface area (Å²) in [7, 11) is 0. The Kier molecular flexibility index (Phi) is 4.12. The summed E-state index contributed by atoms with van der Waals surface area (Å²) in [6.07, 6.45) is -0.661. The Morgan fingerprint density at radius 2 is 2.15 bits per heavy atom. The molecule has 0 aromatic heterocycles. The second kappa shape index (κ2) is 4.91. The number of nitrogens with one attached hydrogen (secondary N) is 1. The van der Waals surface area contributed by atoms with Gasteiger partial charge in [-0.1, -0.05) is 0 Å². The fourth-order valence-corrected chi connectivity index (χ4v) is 1.81. The summed E-state index contributed by atoms with van der Waals surface area (Å²) in [4.78, 5) is 2.14. The van der Waals surface area contributed by atoms with Crippen LogP contribution in [-0.2, 0) is 0 Å². The van der Waals surface area contributed by atoms with Crippen LogP contribution < -0.4 is 5.32 Å². The number of hydrogen-bond donors (Lipinski definition) is 3. The molecule has 1 rings (SSSR count). The van der Waals surface area contributed by atoms with Gasteiger partial charge in [0.05, 0.1) is 12.2 Å². The highest BCUT2D eigenvalue weighted by Crippen LogP contribution is 2.08. The predicted molar refractivity (Wildman–Crippen MR) is 51.6 cm³/mol. The highest BCUT2D eigenvalue weighted by Gasteiger charge is 2.26. The van der Waals surface area contributed by atoms with Crippen molar-refractivity contribution in [1.82, 2.24) is 10.2 Å². The van der Waals surface area contributed by atoms with Crippen molar-refractivity contribution in [3.8, 4) is 0 Å². The van der Waals surface area contributed by atoms with E-state index in [0.29, 0.717) is 6.54 Å². The third-order valence-corrected chi connectivity index (χ3v) is 2.45. The molecule has 4 nitrogen and oxygen atoms in total. The van der Waals surface area contributed by atoms with Gasteiger partial charge >= 0.3 is 0 Å². The Balaban J connectivity index is 2.46. The highest BCUT2D eigenvalue weighted by atomic mass is 16.3. The van der Waals surface area contributed by atoms with E-state index in [-0.39, 0.29) is 18.2 Å². The van der Waals surface area contributed by atoms with Crippen LogP contribution in [0.15, 0.2) is 0 Å². The van der Waals surface area contributed by atoms with Gasteiger partial charge in [-0.2, -0.15) is 0 Å². The molecule has 0 radical (unpaired) electrons. The van der Waals surface area contributed by atoms with E-state index in [0.717, 1.165) is 19.6 Å². The van der Waals surface area contributed by atoms with Crippen LogP contribution in [0, 0.1) is 0 Å². The largest absolute Gasteiger partial charge is 0.392 e. The summed E-state index contributed by atoms with van der Waals surface area (Å²) >= 11 is 0. The number of aliphatic hydroxyl groups is 2. The molecule has 1 aliphatic heterocycles. The van der Waals surface area contributed by atoms with Crippen LogP contribution >= 0.6 is 0 Å². The molecule has 0 amide bonds. The van der Waals surface area contributed by atoms with Crippen LogP contribution in [0.5, 0.6) is 0 Å². The molecule has 1 aliphatic rings. The van der Waals surface area contributed by atoms with E-state index in [1.165, 1.54) is 0 Å². The maximum atomic E-state index is 9.50. The number of aliphatic hydroxyl groups excluding tert-OH is 2. The zero-order valence-electron chi connectivity index (χ0n) is 8.40. The summed E-state index contributed by atoms with van der Waals surface area (Å²) in [5.41, 5.74) is 0. The lowest BCUT2D eigenvalue weighted by Crippen LogP contribution is -2.57. The van der Waals surface area contributed by atoms with Crippen LogP contribution in [0.2, 0.25) is 0 Å². The lowest BCUT2D eigenvalue weighted by atomic mass is 10.1. The lowest BCUT2D eigenvalue weighted by Gasteiger charge is -2.38. The topological polar surface area (TPSA) is 55.7 Å². The van der Waals surface area contributed by atoms with E-state index in [1.54, 1.807) is 13.8 Å². The van der Waals surface area contributed by atoms with E-state index in [2.05, 4.69) is 10.2 Å². The Hall–Kier alpha value is -0.160. The molecule has 0 spiro atoms. The highest BCUT2D eigenvalue weighted by molar-refractivity contribution is 4.84. The van der Waals surface area contributed by atoms with E-state index >= 15 is 0 Å². The van der Waals surface area contributed by atoms with Gasteiger partial charge in [0.2, 0.25) is 0 Å². The molecule has 4 heteroatoms. The molecule has 0 bridgehead atoms. The Morgan fingerprint density at radius 1 is 1.46 bits per heavy atom. The minimum Gasteiger partial charge on any atom is -0.392 e. The third kappa shape index (κ3) is 3.23. The first-order chi connectivity index (χ1) is 6.11. The van der Waals surface area contributed by atoms with Crippen molar-refractivity contribution in [3.63, 3.8) is 0 Å². The van der Waals surface area contributed by atoms with Crippen molar-refractivity contribution in [2.24, 2.45) is 0 Å². The van der Waals surface area contributed by atoms with Gasteiger partial charge in [0, 0.05) is 32.2 Å². The molecule has 0 aliphatic carbocycles. The number of rotatable bonds is 3. The van der Waals surface area contributed by atoms with Crippen LogP contribution in [0.3, 0.4) is 0 Å². The van der Waals surface area contributed by atoms with Crippen LogP contribution in [-0.4, -0.2) is 59.5 Å². The first-order valence-corrected chi connectivity index (χ1v) is 4.92. The molecule has 0 aromatic rings. The fraction of sp³-hybridized carbons (Fsp3) is 1.00. The number of hydrogen-bond acceptors (Lipinski definition) is 4. The normalized spacial score (nSPS) is 30.0. The molecular weight excluding hydrogens is 168 g/mol.